The quantitative estimate of drug-likeness (QED) is 0.685. The fraction of sp³-hybridized carbons (Fsp3) is 1.00. The predicted octanol–water partition coefficient (Wildman–Crippen LogP) is 1.84. The van der Waals surface area contributed by atoms with Crippen molar-refractivity contribution in [2.75, 3.05) is 24.6 Å². The molecule has 0 bridgehead atoms. The van der Waals surface area contributed by atoms with Gasteiger partial charge in [-0.25, -0.2) is 8.42 Å². The van der Waals surface area contributed by atoms with Crippen LogP contribution < -0.4 is 5.32 Å². The summed E-state index contributed by atoms with van der Waals surface area (Å²) in [7, 11) is -2.78. The van der Waals surface area contributed by atoms with Gasteiger partial charge in [0.1, 0.15) is 9.84 Å². The minimum absolute atomic E-state index is 0.259. The van der Waals surface area contributed by atoms with E-state index in [1.807, 2.05) is 0 Å². The lowest BCUT2D eigenvalue weighted by molar-refractivity contribution is 0.367. The van der Waals surface area contributed by atoms with Crippen molar-refractivity contribution in [1.82, 2.24) is 5.32 Å². The van der Waals surface area contributed by atoms with Crippen LogP contribution in [0.15, 0.2) is 0 Å². The molecule has 0 amide bonds. The molecule has 0 aliphatic heterocycles. The standard InChI is InChI=1S/C11H25NO2S/c1-5-15(13,14)10-6-8-12-9-7-11(2,3)4/h12H,5-10H2,1-4H3. The Bertz CT molecular complexity index is 252. The van der Waals surface area contributed by atoms with E-state index in [1.54, 1.807) is 6.92 Å². The normalized spacial score (nSPS) is 13.1. The molecule has 3 nitrogen and oxygen atoms in total. The van der Waals surface area contributed by atoms with Crippen LogP contribution in [-0.2, 0) is 9.84 Å². The number of hydrogen-bond acceptors (Lipinski definition) is 3. The first-order valence-electron chi connectivity index (χ1n) is 5.68. The van der Waals surface area contributed by atoms with Crippen LogP contribution in [0.5, 0.6) is 0 Å². The van der Waals surface area contributed by atoms with Crippen molar-refractivity contribution in [3.63, 3.8) is 0 Å². The van der Waals surface area contributed by atoms with E-state index < -0.39 is 9.84 Å². The maximum atomic E-state index is 11.2. The van der Waals surface area contributed by atoms with Crippen molar-refractivity contribution in [3.05, 3.63) is 0 Å². The van der Waals surface area contributed by atoms with Gasteiger partial charge in [0, 0.05) is 5.75 Å². The molecule has 0 saturated carbocycles. The zero-order valence-electron chi connectivity index (χ0n) is 10.5. The van der Waals surface area contributed by atoms with Crippen molar-refractivity contribution in [1.29, 1.82) is 0 Å². The summed E-state index contributed by atoms with van der Waals surface area (Å²) in [5.74, 6) is 0.570. The van der Waals surface area contributed by atoms with Crippen LogP contribution in [-0.4, -0.2) is 33.0 Å². The Morgan fingerprint density at radius 1 is 1.13 bits per heavy atom. The van der Waals surface area contributed by atoms with Gasteiger partial charge < -0.3 is 5.32 Å². The Hall–Kier alpha value is -0.0900. The molecule has 0 aliphatic rings. The molecule has 15 heavy (non-hydrogen) atoms. The third-order valence-electron chi connectivity index (χ3n) is 2.30. The lowest BCUT2D eigenvalue weighted by Crippen LogP contribution is -2.23. The molecule has 0 spiro atoms. The maximum absolute atomic E-state index is 11.2. The van der Waals surface area contributed by atoms with Gasteiger partial charge in [-0.2, -0.15) is 0 Å². The molecule has 0 aromatic heterocycles. The molecule has 4 heteroatoms. The molecule has 0 radical (unpaired) electrons. The van der Waals surface area contributed by atoms with Crippen molar-refractivity contribution < 1.29 is 8.42 Å². The topological polar surface area (TPSA) is 46.2 Å². The van der Waals surface area contributed by atoms with Crippen LogP contribution >= 0.6 is 0 Å². The minimum atomic E-state index is -2.78. The molecule has 0 aliphatic carbocycles. The second kappa shape index (κ2) is 6.48. The average Bonchev–Trinajstić information content (AvgIpc) is 2.09. The van der Waals surface area contributed by atoms with Gasteiger partial charge >= 0.3 is 0 Å². The van der Waals surface area contributed by atoms with Crippen molar-refractivity contribution in [2.45, 2.75) is 40.5 Å². The van der Waals surface area contributed by atoms with E-state index in [0.717, 1.165) is 25.9 Å². The Morgan fingerprint density at radius 2 is 1.73 bits per heavy atom. The fourth-order valence-electron chi connectivity index (χ4n) is 1.15. The third kappa shape index (κ3) is 10.2. The summed E-state index contributed by atoms with van der Waals surface area (Å²) in [5, 5.41) is 3.27. The Kier molecular flexibility index (Phi) is 6.44. The van der Waals surface area contributed by atoms with Gasteiger partial charge in [-0.3, -0.25) is 0 Å². The van der Waals surface area contributed by atoms with E-state index in [9.17, 15) is 8.42 Å². The molecular formula is C11H25NO2S. The van der Waals surface area contributed by atoms with Gasteiger partial charge in [-0.1, -0.05) is 27.7 Å². The highest BCUT2D eigenvalue weighted by Gasteiger charge is 2.09. The zero-order chi connectivity index (χ0) is 11.9. The van der Waals surface area contributed by atoms with Crippen molar-refractivity contribution >= 4 is 9.84 Å². The first kappa shape index (κ1) is 14.9. The lowest BCUT2D eigenvalue weighted by atomic mass is 9.92. The molecule has 0 atom stereocenters. The maximum Gasteiger partial charge on any atom is 0.150 e. The van der Waals surface area contributed by atoms with Crippen molar-refractivity contribution in [3.8, 4) is 0 Å². The van der Waals surface area contributed by atoms with Gasteiger partial charge in [0.2, 0.25) is 0 Å². The second-order valence-electron chi connectivity index (χ2n) is 5.15. The monoisotopic (exact) mass is 235 g/mol. The van der Waals surface area contributed by atoms with Crippen molar-refractivity contribution in [2.24, 2.45) is 5.41 Å². The summed E-state index contributed by atoms with van der Waals surface area (Å²) >= 11 is 0. The van der Waals surface area contributed by atoms with E-state index in [4.69, 9.17) is 0 Å². The summed E-state index contributed by atoms with van der Waals surface area (Å²) < 4.78 is 22.3. The Morgan fingerprint density at radius 3 is 2.20 bits per heavy atom. The van der Waals surface area contributed by atoms with E-state index in [1.165, 1.54) is 0 Å². The Balaban J connectivity index is 3.42. The average molecular weight is 235 g/mol. The molecule has 0 aromatic carbocycles. The van der Waals surface area contributed by atoms with E-state index in [-0.39, 0.29) is 5.75 Å². The highest BCUT2D eigenvalue weighted by atomic mass is 32.2. The van der Waals surface area contributed by atoms with Gasteiger partial charge in [0.05, 0.1) is 5.75 Å². The van der Waals surface area contributed by atoms with Gasteiger partial charge in [-0.15, -0.1) is 0 Å². The number of rotatable bonds is 7. The predicted molar refractivity (Wildman–Crippen MR) is 65.9 cm³/mol. The van der Waals surface area contributed by atoms with Crippen LogP contribution in [0.4, 0.5) is 0 Å². The first-order chi connectivity index (χ1) is 6.77. The number of hydrogen-bond donors (Lipinski definition) is 1. The van der Waals surface area contributed by atoms with Crippen LogP contribution in [0.25, 0.3) is 0 Å². The summed E-state index contributed by atoms with van der Waals surface area (Å²) in [6.07, 6.45) is 1.84. The largest absolute Gasteiger partial charge is 0.317 e. The van der Waals surface area contributed by atoms with Gasteiger partial charge in [0.15, 0.2) is 0 Å². The van der Waals surface area contributed by atoms with Crippen LogP contribution in [0, 0.1) is 5.41 Å². The second-order valence-corrected chi connectivity index (χ2v) is 7.62. The van der Waals surface area contributed by atoms with Crippen LogP contribution in [0.3, 0.4) is 0 Å². The molecular weight excluding hydrogens is 210 g/mol. The van der Waals surface area contributed by atoms with E-state index in [0.29, 0.717) is 11.2 Å². The summed E-state index contributed by atoms with van der Waals surface area (Å²) in [5.41, 5.74) is 0.350. The highest BCUT2D eigenvalue weighted by molar-refractivity contribution is 7.91. The van der Waals surface area contributed by atoms with Gasteiger partial charge in [0.25, 0.3) is 0 Å². The minimum Gasteiger partial charge on any atom is -0.317 e. The van der Waals surface area contributed by atoms with Gasteiger partial charge in [-0.05, 0) is 31.3 Å². The molecule has 0 aromatic rings. The SMILES string of the molecule is CCS(=O)(=O)CCCNCCC(C)(C)C. The molecule has 0 fully saturated rings. The number of nitrogens with one attached hydrogen (secondary N) is 1. The summed E-state index contributed by atoms with van der Waals surface area (Å²) in [6, 6.07) is 0. The zero-order valence-corrected chi connectivity index (χ0v) is 11.3. The first-order valence-corrected chi connectivity index (χ1v) is 7.50. The smallest absolute Gasteiger partial charge is 0.150 e. The summed E-state index contributed by atoms with van der Waals surface area (Å²) in [6.45, 7) is 10.1. The van der Waals surface area contributed by atoms with Crippen LogP contribution in [0.1, 0.15) is 40.5 Å². The lowest BCUT2D eigenvalue weighted by Gasteiger charge is -2.17. The Labute approximate surface area is 94.6 Å². The third-order valence-corrected chi connectivity index (χ3v) is 4.09. The molecule has 0 rings (SSSR count). The van der Waals surface area contributed by atoms with Crippen LogP contribution in [0.2, 0.25) is 0 Å². The molecule has 0 heterocycles. The summed E-state index contributed by atoms with van der Waals surface area (Å²) in [4.78, 5) is 0. The molecule has 0 saturated heterocycles. The number of sulfone groups is 1. The fourth-order valence-corrected chi connectivity index (χ4v) is 2.02. The van der Waals surface area contributed by atoms with E-state index in [2.05, 4.69) is 26.1 Å². The van der Waals surface area contributed by atoms with E-state index >= 15 is 0 Å². The molecule has 92 valence electrons. The molecule has 1 N–H and O–H groups in total. The highest BCUT2D eigenvalue weighted by Crippen LogP contribution is 2.16. The molecule has 0 unspecified atom stereocenters.